The normalized spacial score (nSPS) is 20.0. The Hall–Kier alpha value is -0.990. The van der Waals surface area contributed by atoms with Crippen LogP contribution in [0.4, 0.5) is 0 Å². The lowest BCUT2D eigenvalue weighted by Gasteiger charge is -2.33. The molecule has 6 nitrogen and oxygen atoms in total. The van der Waals surface area contributed by atoms with Gasteiger partial charge in [-0.25, -0.2) is 13.4 Å². The first-order valence-corrected chi connectivity index (χ1v) is 10.0. The highest BCUT2D eigenvalue weighted by atomic mass is 32.2. The second kappa shape index (κ2) is 7.52. The average Bonchev–Trinajstić information content (AvgIpc) is 2.90. The second-order valence-corrected chi connectivity index (χ2v) is 8.86. The molecule has 2 heterocycles. The van der Waals surface area contributed by atoms with Gasteiger partial charge in [0.05, 0.1) is 17.3 Å². The van der Waals surface area contributed by atoms with Crippen LogP contribution >= 0.6 is 11.3 Å². The van der Waals surface area contributed by atoms with Gasteiger partial charge >= 0.3 is 0 Å². The van der Waals surface area contributed by atoms with Crippen molar-refractivity contribution in [3.8, 4) is 0 Å². The van der Waals surface area contributed by atoms with Gasteiger partial charge in [-0.15, -0.1) is 11.3 Å². The molecule has 0 radical (unpaired) electrons. The Balaban J connectivity index is 2.02. The molecule has 1 atom stereocenters. The van der Waals surface area contributed by atoms with Crippen LogP contribution in [0.1, 0.15) is 42.5 Å². The molecule has 2 rings (SSSR count). The van der Waals surface area contributed by atoms with Crippen LogP contribution in [-0.4, -0.2) is 42.0 Å². The van der Waals surface area contributed by atoms with Gasteiger partial charge in [0, 0.05) is 17.6 Å². The fraction of sp³-hybridized carbons (Fsp3) is 0.714. The fourth-order valence-corrected chi connectivity index (χ4v) is 5.14. The molecule has 8 heteroatoms. The van der Waals surface area contributed by atoms with E-state index in [1.54, 1.807) is 6.20 Å². The number of amides is 1. The summed E-state index contributed by atoms with van der Waals surface area (Å²) < 4.78 is 26.0. The summed E-state index contributed by atoms with van der Waals surface area (Å²) in [5.74, 6) is -0.101. The number of aryl methyl sites for hydroxylation is 1. The Morgan fingerprint density at radius 3 is 2.91 bits per heavy atom. The van der Waals surface area contributed by atoms with Crippen molar-refractivity contribution >= 4 is 27.3 Å². The number of carbonyl (C=O) groups is 1. The van der Waals surface area contributed by atoms with Crippen LogP contribution in [0.5, 0.6) is 0 Å². The van der Waals surface area contributed by atoms with Gasteiger partial charge in [-0.2, -0.15) is 4.31 Å². The molecule has 1 unspecified atom stereocenters. The molecule has 0 aliphatic carbocycles. The van der Waals surface area contributed by atoms with Crippen molar-refractivity contribution in [2.75, 3.05) is 12.3 Å². The molecule has 1 aromatic heterocycles. The summed E-state index contributed by atoms with van der Waals surface area (Å²) in [5.41, 5.74) is 0. The average molecular weight is 345 g/mol. The summed E-state index contributed by atoms with van der Waals surface area (Å²) >= 11 is 1.53. The van der Waals surface area contributed by atoms with E-state index in [1.165, 1.54) is 15.6 Å². The van der Waals surface area contributed by atoms with Crippen LogP contribution < -0.4 is 5.32 Å². The van der Waals surface area contributed by atoms with Crippen LogP contribution in [0.3, 0.4) is 0 Å². The first-order chi connectivity index (χ1) is 10.4. The number of aromatic nitrogens is 1. The number of nitrogens with one attached hydrogen (secondary N) is 1. The Morgan fingerprint density at radius 2 is 2.27 bits per heavy atom. The quantitative estimate of drug-likeness (QED) is 0.850. The van der Waals surface area contributed by atoms with Gasteiger partial charge in [-0.3, -0.25) is 4.79 Å². The number of hydrogen-bond donors (Lipinski definition) is 1. The second-order valence-electron chi connectivity index (χ2n) is 5.50. The third-order valence-corrected chi connectivity index (χ3v) is 6.67. The SMILES string of the molecule is CCCS(=O)(=O)N1CCCCC1C(=O)NCc1cnc(C)s1. The molecule has 0 spiro atoms. The molecular formula is C14H23N3O3S2. The number of thiazole rings is 1. The molecule has 1 aliphatic heterocycles. The summed E-state index contributed by atoms with van der Waals surface area (Å²) in [7, 11) is -3.34. The molecule has 1 aliphatic rings. The fourth-order valence-electron chi connectivity index (χ4n) is 2.65. The van der Waals surface area contributed by atoms with Gasteiger partial charge < -0.3 is 5.32 Å². The lowest BCUT2D eigenvalue weighted by molar-refractivity contribution is -0.125. The van der Waals surface area contributed by atoms with E-state index in [9.17, 15) is 13.2 Å². The van der Waals surface area contributed by atoms with Crippen LogP contribution in [0.25, 0.3) is 0 Å². The zero-order chi connectivity index (χ0) is 16.2. The summed E-state index contributed by atoms with van der Waals surface area (Å²) in [6, 6.07) is -0.570. The minimum Gasteiger partial charge on any atom is -0.350 e. The molecule has 1 N–H and O–H groups in total. The maximum Gasteiger partial charge on any atom is 0.238 e. The monoisotopic (exact) mass is 345 g/mol. The van der Waals surface area contributed by atoms with E-state index < -0.39 is 16.1 Å². The Bertz CT molecular complexity index is 613. The van der Waals surface area contributed by atoms with Gasteiger partial charge in [0.25, 0.3) is 0 Å². The van der Waals surface area contributed by atoms with E-state index in [0.717, 1.165) is 22.7 Å². The maximum absolute atomic E-state index is 12.4. The number of rotatable bonds is 6. The summed E-state index contributed by atoms with van der Waals surface area (Å²) in [5, 5.41) is 3.80. The summed E-state index contributed by atoms with van der Waals surface area (Å²) in [6.07, 6.45) is 4.60. The van der Waals surface area contributed by atoms with E-state index >= 15 is 0 Å². The first kappa shape index (κ1) is 17.4. The van der Waals surface area contributed by atoms with E-state index in [-0.39, 0.29) is 11.7 Å². The van der Waals surface area contributed by atoms with Crippen LogP contribution in [0, 0.1) is 6.92 Å². The largest absolute Gasteiger partial charge is 0.350 e. The molecule has 1 fully saturated rings. The smallest absolute Gasteiger partial charge is 0.238 e. The van der Waals surface area contributed by atoms with E-state index in [1.807, 2.05) is 13.8 Å². The summed E-state index contributed by atoms with van der Waals surface area (Å²) in [4.78, 5) is 17.5. The lowest BCUT2D eigenvalue weighted by Crippen LogP contribution is -2.52. The predicted molar refractivity (Wildman–Crippen MR) is 87.1 cm³/mol. The predicted octanol–water partition coefficient (Wildman–Crippen LogP) is 1.66. The minimum atomic E-state index is -3.34. The zero-order valence-corrected chi connectivity index (χ0v) is 14.7. The number of hydrogen-bond acceptors (Lipinski definition) is 5. The van der Waals surface area contributed by atoms with Gasteiger partial charge in [0.1, 0.15) is 6.04 Å². The third kappa shape index (κ3) is 4.27. The molecule has 0 aromatic carbocycles. The van der Waals surface area contributed by atoms with Gasteiger partial charge in [-0.1, -0.05) is 13.3 Å². The van der Waals surface area contributed by atoms with Gasteiger partial charge in [0.15, 0.2) is 0 Å². The highest BCUT2D eigenvalue weighted by molar-refractivity contribution is 7.89. The Morgan fingerprint density at radius 1 is 1.50 bits per heavy atom. The molecule has 22 heavy (non-hydrogen) atoms. The van der Waals surface area contributed by atoms with E-state index in [0.29, 0.717) is 25.9 Å². The molecule has 1 amide bonds. The third-order valence-electron chi connectivity index (χ3n) is 3.68. The lowest BCUT2D eigenvalue weighted by atomic mass is 10.0. The van der Waals surface area contributed by atoms with Crippen molar-refractivity contribution in [1.29, 1.82) is 0 Å². The van der Waals surface area contributed by atoms with E-state index in [2.05, 4.69) is 10.3 Å². The topological polar surface area (TPSA) is 79.4 Å². The number of piperidine rings is 1. The van der Waals surface area contributed by atoms with Gasteiger partial charge in [-0.05, 0) is 26.2 Å². The maximum atomic E-state index is 12.4. The first-order valence-electron chi connectivity index (χ1n) is 7.62. The minimum absolute atomic E-state index is 0.102. The number of sulfonamides is 1. The van der Waals surface area contributed by atoms with Crippen molar-refractivity contribution < 1.29 is 13.2 Å². The molecule has 1 aromatic rings. The van der Waals surface area contributed by atoms with Crippen LogP contribution in [0.2, 0.25) is 0 Å². The molecule has 0 saturated carbocycles. The van der Waals surface area contributed by atoms with E-state index in [4.69, 9.17) is 0 Å². The van der Waals surface area contributed by atoms with Crippen molar-refractivity contribution in [2.24, 2.45) is 0 Å². The van der Waals surface area contributed by atoms with Crippen LogP contribution in [0.15, 0.2) is 6.20 Å². The van der Waals surface area contributed by atoms with Crippen molar-refractivity contribution in [2.45, 2.75) is 52.1 Å². The van der Waals surface area contributed by atoms with Crippen LogP contribution in [-0.2, 0) is 21.4 Å². The summed E-state index contributed by atoms with van der Waals surface area (Å²) in [6.45, 7) is 4.60. The molecule has 124 valence electrons. The Labute approximate surface area is 136 Å². The highest BCUT2D eigenvalue weighted by Crippen LogP contribution is 2.22. The zero-order valence-electron chi connectivity index (χ0n) is 13.0. The highest BCUT2D eigenvalue weighted by Gasteiger charge is 2.35. The molecule has 1 saturated heterocycles. The molecule has 0 bridgehead atoms. The van der Waals surface area contributed by atoms with Crippen molar-refractivity contribution in [3.05, 3.63) is 16.1 Å². The number of nitrogens with zero attached hydrogens (tertiary/aromatic N) is 2. The van der Waals surface area contributed by atoms with Crippen molar-refractivity contribution in [3.63, 3.8) is 0 Å². The number of carbonyl (C=O) groups excluding carboxylic acids is 1. The van der Waals surface area contributed by atoms with Crippen molar-refractivity contribution in [1.82, 2.24) is 14.6 Å². The molecular weight excluding hydrogens is 322 g/mol. The van der Waals surface area contributed by atoms with Gasteiger partial charge in [0.2, 0.25) is 15.9 Å². The Kier molecular flexibility index (Phi) is 5.94. The standard InChI is InChI=1S/C14H23N3O3S2/c1-3-8-22(19,20)17-7-5-4-6-13(17)14(18)16-10-12-9-15-11(2)21-12/h9,13H,3-8,10H2,1-2H3,(H,16,18).